The number of azo groups is 1. The first kappa shape index (κ1) is 118. The molecule has 2 fully saturated rings. The maximum atomic E-state index is 15.3. The molecular weight excluding hydrogens is 1930 g/mol. The highest BCUT2D eigenvalue weighted by molar-refractivity contribution is 7.86. The van der Waals surface area contributed by atoms with E-state index in [4.69, 9.17) is 39.5 Å². The number of likely N-dealkylation sites (tertiary alicyclic amines) is 2. The standard InChI is InChI=1S/C99H144N28O20S/c1-7-21-71(89(136)121-77(56-61-57-112-68-25-9-8-22-65(61)68)92(139)117-72(29-16-50-110-98(103)104)90(137)118-73(88(135)113-59(4)86(133)115-70(85(102)132)26-10-12-47-100)43-45-81(128)108-53-52-107-69-28-14-24-67-66(69)23-15-33-80(67)148(145,146)147)116-91(138)74(44-46-83(130)131)119-95(142)84(58(2)3)122-94(141)79-32-20-55-127(79)97(144)76(27-11-13-48-101)120-93(140)78-31-19-54-126(78)96(143)75(30-17-51-111-99(105)106)114-82(129)34-18-49-109-87(134)60-35-37-62(38-36-60)123-124-63-39-41-64(42-40-63)125(5)6/h8-9,14-15,22-25,28,33,35-42,57-59,70-79,84,107,112H,7,10-13,16-21,26-27,29-32,34,43-56,100-101H2,1-6H3,(H2,102,132)(H,108,128)(H,109,134)(H,113,135)(H,114,129)(H,115,133)(H,116,138)(H,117,139)(H,118,137)(H,119,142)(H,120,140)(H,121,136)(H,122,141)(H,130,131)(H4,103,104,110)(H4,105,106,111)(H,145,146,147). The number of aromatic nitrogens is 1. The average molecular weight is 2080 g/mol. The summed E-state index contributed by atoms with van der Waals surface area (Å²) in [6.07, 6.45) is 1.99. The van der Waals surface area contributed by atoms with Gasteiger partial charge in [0, 0.05) is 130 Å². The molecule has 0 saturated carbocycles. The van der Waals surface area contributed by atoms with E-state index in [1.807, 2.05) is 43.3 Å². The van der Waals surface area contributed by atoms with Gasteiger partial charge in [0.2, 0.25) is 82.7 Å². The summed E-state index contributed by atoms with van der Waals surface area (Å²) >= 11 is 0. The van der Waals surface area contributed by atoms with Gasteiger partial charge in [-0.2, -0.15) is 18.6 Å². The molecule has 30 N–H and O–H groups in total. The van der Waals surface area contributed by atoms with Gasteiger partial charge in [-0.25, -0.2) is 0 Å². The third kappa shape index (κ3) is 37.5. The van der Waals surface area contributed by atoms with Crippen molar-refractivity contribution >= 4 is 161 Å². The lowest BCUT2D eigenvalue weighted by molar-refractivity contribution is -0.145. The highest BCUT2D eigenvalue weighted by Crippen LogP contribution is 2.31. The van der Waals surface area contributed by atoms with Crippen LogP contribution in [0.2, 0.25) is 0 Å². The number of benzene rings is 5. The van der Waals surface area contributed by atoms with Crippen LogP contribution < -0.4 is 113 Å². The van der Waals surface area contributed by atoms with Gasteiger partial charge >= 0.3 is 5.97 Å². The fraction of sp³-hybridized carbons (Fsp3) is 0.515. The Morgan fingerprint density at radius 2 is 0.959 bits per heavy atom. The van der Waals surface area contributed by atoms with Crippen LogP contribution in [0.15, 0.2) is 131 Å². The lowest BCUT2D eigenvalue weighted by Gasteiger charge is -2.32. The number of H-pyrrole nitrogens is 1. The van der Waals surface area contributed by atoms with Crippen LogP contribution in [0.25, 0.3) is 21.7 Å². The normalized spacial score (nSPS) is 15.4. The number of nitrogens with two attached hydrogens (primary N) is 5. The molecule has 3 heterocycles. The Morgan fingerprint density at radius 1 is 0.473 bits per heavy atom. The second-order valence-corrected chi connectivity index (χ2v) is 38.5. The maximum absolute atomic E-state index is 15.3. The van der Waals surface area contributed by atoms with Crippen LogP contribution in [0.5, 0.6) is 0 Å². The van der Waals surface area contributed by atoms with E-state index in [9.17, 15) is 75.6 Å². The van der Waals surface area contributed by atoms with E-state index in [0.29, 0.717) is 83.0 Å². The molecular formula is C99H144N28O20S. The number of nitrogens with zero attached hydrogens (tertiary/aromatic N) is 5. The molecule has 6 aromatic rings. The summed E-state index contributed by atoms with van der Waals surface area (Å²) in [5.74, 6) is -15.0. The molecule has 12 atom stereocenters. The number of hydrogen-bond acceptors (Lipinski definition) is 26. The SMILES string of the molecule is CCCC(NC(=O)C(CCC(=O)O)NC(=O)C(NC(=O)C1CCCN1C(=O)C(CCCCN)NC(=O)C1CCCN1C(=O)C(CCCNC(=N)N)NC(=O)CCCNC(=O)c1ccc(N=Nc2ccc(N(C)C)cc2)cc1)C(C)C)C(=O)NC(Cc1c[nH]c2ccccc12)C(=O)NC(CCCNC(=N)N)C(=O)NC(CCC(=O)NCCNc1cccc2c(S(=O)(=O)O)cccc12)C(=O)NC(C)C(=O)NC(CCCCN)C(N)=O. The number of hydrogen-bond donors (Lipinski definition) is 25. The molecule has 0 spiro atoms. The quantitative estimate of drug-likeness (QED) is 0.00840. The predicted molar refractivity (Wildman–Crippen MR) is 554 cm³/mol. The smallest absolute Gasteiger partial charge is 0.303 e. The molecule has 0 bridgehead atoms. The van der Waals surface area contributed by atoms with Gasteiger partial charge in [0.05, 0.1) is 11.4 Å². The van der Waals surface area contributed by atoms with Gasteiger partial charge in [-0.05, 0) is 214 Å². The Balaban J connectivity index is 0.946. The van der Waals surface area contributed by atoms with Crippen molar-refractivity contribution in [3.63, 3.8) is 0 Å². The second-order valence-electron chi connectivity index (χ2n) is 37.1. The Morgan fingerprint density at radius 3 is 1.52 bits per heavy atom. The topological polar surface area (TPSA) is 756 Å². The number of carbonyl (C=O) groups is 16. The number of aromatic amines is 1. The number of anilines is 2. The van der Waals surface area contributed by atoms with E-state index >= 15 is 19.2 Å². The van der Waals surface area contributed by atoms with Crippen LogP contribution >= 0.6 is 0 Å². The van der Waals surface area contributed by atoms with Crippen molar-refractivity contribution in [3.05, 3.63) is 127 Å². The highest BCUT2D eigenvalue weighted by atomic mass is 32.2. The van der Waals surface area contributed by atoms with Crippen LogP contribution in [0.1, 0.15) is 185 Å². The summed E-state index contributed by atoms with van der Waals surface area (Å²) in [4.78, 5) is 236. The Kier molecular flexibility index (Phi) is 47.6. The van der Waals surface area contributed by atoms with Gasteiger partial charge in [0.25, 0.3) is 16.0 Å². The molecule has 48 nitrogen and oxygen atoms in total. The summed E-state index contributed by atoms with van der Waals surface area (Å²) in [5.41, 5.74) is 32.5. The number of unbranched alkanes of at least 4 members (excludes halogenated alkanes) is 2. The fourth-order valence-corrected chi connectivity index (χ4v) is 17.9. The minimum absolute atomic E-state index is 0.00390. The minimum atomic E-state index is -4.61. The molecule has 12 unspecified atom stereocenters. The fourth-order valence-electron chi connectivity index (χ4n) is 17.1. The molecule has 1 aromatic heterocycles. The number of carboxylic acid groups (broad SMARTS) is 1. The maximum Gasteiger partial charge on any atom is 0.303 e. The second kappa shape index (κ2) is 59.6. The van der Waals surface area contributed by atoms with E-state index < -0.39 is 215 Å². The van der Waals surface area contributed by atoms with Gasteiger partial charge in [-0.3, -0.25) is 92.1 Å². The van der Waals surface area contributed by atoms with E-state index in [-0.39, 0.29) is 159 Å². The lowest BCUT2D eigenvalue weighted by atomic mass is 10.0. The number of amides is 15. The van der Waals surface area contributed by atoms with E-state index in [1.165, 1.54) is 34.9 Å². The Hall–Kier alpha value is -15.0. The first-order chi connectivity index (χ1) is 70.6. The van der Waals surface area contributed by atoms with E-state index in [0.717, 1.165) is 5.69 Å². The Bertz CT molecular complexity index is 5750. The lowest BCUT2D eigenvalue weighted by Crippen LogP contribution is -2.61. The van der Waals surface area contributed by atoms with Gasteiger partial charge in [0.1, 0.15) is 77.4 Å². The molecule has 49 heteroatoms. The third-order valence-corrected chi connectivity index (χ3v) is 26.1. The molecule has 148 heavy (non-hydrogen) atoms. The van der Waals surface area contributed by atoms with Crippen LogP contribution in [0, 0.1) is 16.7 Å². The van der Waals surface area contributed by atoms with Crippen molar-refractivity contribution in [3.8, 4) is 0 Å². The highest BCUT2D eigenvalue weighted by Gasteiger charge is 2.44. The first-order valence-corrected chi connectivity index (χ1v) is 51.4. The van der Waals surface area contributed by atoms with Gasteiger partial charge in [-0.15, -0.1) is 0 Å². The number of nitrogens with one attached hydrogen (secondary N) is 18. The zero-order valence-corrected chi connectivity index (χ0v) is 85.2. The summed E-state index contributed by atoms with van der Waals surface area (Å²) in [6, 6.07) is 12.9. The van der Waals surface area contributed by atoms with Crippen LogP contribution in [-0.2, 0) is 88.5 Å². The van der Waals surface area contributed by atoms with Crippen LogP contribution in [-0.4, -0.2) is 285 Å². The number of primary amides is 1. The van der Waals surface area contributed by atoms with E-state index in [2.05, 4.69) is 95.0 Å². The molecule has 806 valence electrons. The van der Waals surface area contributed by atoms with Crippen molar-refractivity contribution in [1.82, 2.24) is 89.2 Å². The molecule has 0 radical (unpaired) electrons. The van der Waals surface area contributed by atoms with Crippen LogP contribution in [0.3, 0.4) is 0 Å². The predicted octanol–water partition coefficient (Wildman–Crippen LogP) is 1.25. The summed E-state index contributed by atoms with van der Waals surface area (Å²) in [5, 5.41) is 76.0. The molecule has 0 aliphatic carbocycles. The van der Waals surface area contributed by atoms with Gasteiger partial charge in [0.15, 0.2) is 11.9 Å². The van der Waals surface area contributed by atoms with Crippen molar-refractivity contribution in [1.29, 1.82) is 10.8 Å². The molecule has 15 amide bonds. The van der Waals surface area contributed by atoms with Crippen molar-refractivity contribution in [2.45, 2.75) is 253 Å². The van der Waals surface area contributed by atoms with Crippen molar-refractivity contribution in [2.75, 3.05) is 83.2 Å². The average Bonchev–Trinajstić information content (AvgIpc) is 1.72. The van der Waals surface area contributed by atoms with Crippen molar-refractivity contribution in [2.24, 2.45) is 44.8 Å². The van der Waals surface area contributed by atoms with Gasteiger partial charge in [-0.1, -0.05) is 69.7 Å². The minimum Gasteiger partial charge on any atom is -0.481 e. The zero-order valence-electron chi connectivity index (χ0n) is 84.4. The first-order valence-electron chi connectivity index (χ1n) is 49.9. The molecule has 8 rings (SSSR count). The summed E-state index contributed by atoms with van der Waals surface area (Å²) in [7, 11) is -0.747. The zero-order chi connectivity index (χ0) is 108. The molecule has 5 aromatic carbocycles. The third-order valence-electron chi connectivity index (χ3n) is 25.2. The number of aliphatic carboxylic acids is 1. The summed E-state index contributed by atoms with van der Waals surface area (Å²) < 4.78 is 34.3. The number of carbonyl (C=O) groups excluding carboxylic acids is 15. The van der Waals surface area contributed by atoms with E-state index in [1.54, 1.807) is 93.7 Å². The summed E-state index contributed by atoms with van der Waals surface area (Å²) in [6.45, 7) is 7.00. The largest absolute Gasteiger partial charge is 0.481 e. The number of rotatable bonds is 62. The number of para-hydroxylation sites is 1. The molecule has 2 aliphatic heterocycles. The van der Waals surface area contributed by atoms with Crippen LogP contribution in [0.4, 0.5) is 22.7 Å². The van der Waals surface area contributed by atoms with Gasteiger partial charge < -0.3 is 133 Å². The number of fused-ring (bicyclic) bond motifs is 2. The number of guanidine groups is 2. The van der Waals surface area contributed by atoms with Crippen molar-refractivity contribution < 1.29 is 94.8 Å². The molecule has 2 saturated heterocycles. The Labute approximate surface area is 858 Å². The number of carboxylic acids is 1. The monoisotopic (exact) mass is 2080 g/mol. The molecule has 2 aliphatic rings.